The summed E-state index contributed by atoms with van der Waals surface area (Å²) >= 11 is 3.01. The molecule has 1 unspecified atom stereocenters. The van der Waals surface area contributed by atoms with E-state index in [0.717, 1.165) is 31.5 Å². The van der Waals surface area contributed by atoms with Crippen LogP contribution in [0, 0.1) is 11.6 Å². The second kappa shape index (κ2) is 6.63. The first-order valence-corrected chi connectivity index (χ1v) is 7.50. The Kier molecular flexibility index (Phi) is 5.10. The lowest BCUT2D eigenvalue weighted by Crippen LogP contribution is -2.49. The van der Waals surface area contributed by atoms with Crippen LogP contribution in [0.4, 0.5) is 8.78 Å². The van der Waals surface area contributed by atoms with E-state index >= 15 is 0 Å². The third kappa shape index (κ3) is 3.17. The quantitative estimate of drug-likeness (QED) is 0.912. The molecule has 0 aliphatic carbocycles. The Hall–Kier alpha value is -1.01. The van der Waals surface area contributed by atoms with Crippen LogP contribution in [0.3, 0.4) is 0 Å². The molecule has 6 heteroatoms. The minimum absolute atomic E-state index is 0.0105. The van der Waals surface area contributed by atoms with Gasteiger partial charge in [0.15, 0.2) is 0 Å². The van der Waals surface area contributed by atoms with E-state index in [1.165, 1.54) is 0 Å². The molecule has 0 saturated carbocycles. The number of hydrogen-bond acceptors (Lipinski definition) is 2. The van der Waals surface area contributed by atoms with Gasteiger partial charge in [-0.1, -0.05) is 15.9 Å². The molecular formula is C14H17BrF2N2O. The molecule has 0 spiro atoms. The first-order valence-electron chi connectivity index (χ1n) is 6.70. The molecule has 0 bridgehead atoms. The van der Waals surface area contributed by atoms with Crippen molar-refractivity contribution in [1.82, 2.24) is 10.2 Å². The van der Waals surface area contributed by atoms with Crippen LogP contribution in [-0.4, -0.2) is 36.5 Å². The highest BCUT2D eigenvalue weighted by molar-refractivity contribution is 9.10. The van der Waals surface area contributed by atoms with Gasteiger partial charge in [-0.3, -0.25) is 4.79 Å². The summed E-state index contributed by atoms with van der Waals surface area (Å²) in [5.41, 5.74) is -0.472. The Morgan fingerprint density at radius 2 is 2.10 bits per heavy atom. The average Bonchev–Trinajstić information content (AvgIpc) is 2.39. The zero-order valence-corrected chi connectivity index (χ0v) is 12.8. The summed E-state index contributed by atoms with van der Waals surface area (Å²) in [4.78, 5) is 14.0. The van der Waals surface area contributed by atoms with Crippen LogP contribution in [0.2, 0.25) is 0 Å². The van der Waals surface area contributed by atoms with Crippen molar-refractivity contribution >= 4 is 21.8 Å². The van der Waals surface area contributed by atoms with Crippen LogP contribution in [-0.2, 0) is 0 Å². The molecular weight excluding hydrogens is 330 g/mol. The van der Waals surface area contributed by atoms with Crippen molar-refractivity contribution < 1.29 is 13.6 Å². The van der Waals surface area contributed by atoms with Gasteiger partial charge in [-0.05, 0) is 38.4 Å². The molecule has 20 heavy (non-hydrogen) atoms. The van der Waals surface area contributed by atoms with Crippen LogP contribution in [0.5, 0.6) is 0 Å². The fraction of sp³-hybridized carbons (Fsp3) is 0.500. The Bertz CT molecular complexity index is 481. The maximum Gasteiger partial charge on any atom is 0.260 e. The van der Waals surface area contributed by atoms with E-state index in [1.54, 1.807) is 4.90 Å². The molecule has 1 amide bonds. The third-order valence-electron chi connectivity index (χ3n) is 3.53. The molecule has 1 aliphatic rings. The van der Waals surface area contributed by atoms with Crippen molar-refractivity contribution in [3.8, 4) is 0 Å². The number of carbonyl (C=O) groups excluding carboxylic acids is 1. The number of piperidine rings is 1. The first kappa shape index (κ1) is 15.4. The lowest BCUT2D eigenvalue weighted by Gasteiger charge is -2.34. The minimum Gasteiger partial charge on any atom is -0.334 e. The molecule has 1 aromatic carbocycles. The van der Waals surface area contributed by atoms with Gasteiger partial charge in [0, 0.05) is 23.6 Å². The van der Waals surface area contributed by atoms with Gasteiger partial charge in [0.05, 0.1) is 0 Å². The zero-order chi connectivity index (χ0) is 14.7. The van der Waals surface area contributed by atoms with Gasteiger partial charge in [-0.25, -0.2) is 8.78 Å². The van der Waals surface area contributed by atoms with E-state index in [1.807, 2.05) is 6.92 Å². The van der Waals surface area contributed by atoms with Crippen LogP contribution in [0.25, 0.3) is 0 Å². The Balaban J connectivity index is 2.28. The monoisotopic (exact) mass is 346 g/mol. The van der Waals surface area contributed by atoms with Crippen molar-refractivity contribution in [2.24, 2.45) is 0 Å². The number of nitrogens with zero attached hydrogens (tertiary/aromatic N) is 1. The van der Waals surface area contributed by atoms with E-state index in [4.69, 9.17) is 0 Å². The zero-order valence-electron chi connectivity index (χ0n) is 11.3. The standard InChI is InChI=1S/C14H17BrF2N2O/c1-2-19(10-4-3-5-18-8-10)14(20)13-11(16)6-9(15)7-12(13)17/h6-7,10,18H,2-5,8H2,1H3. The van der Waals surface area contributed by atoms with Gasteiger partial charge in [0.1, 0.15) is 17.2 Å². The predicted octanol–water partition coefficient (Wildman–Crippen LogP) is 2.94. The molecule has 1 aromatic rings. The molecule has 0 aromatic heterocycles. The SMILES string of the molecule is CCN(C(=O)c1c(F)cc(Br)cc1F)C1CCCNC1. The highest BCUT2D eigenvalue weighted by atomic mass is 79.9. The van der Waals surface area contributed by atoms with Crippen molar-refractivity contribution in [2.75, 3.05) is 19.6 Å². The van der Waals surface area contributed by atoms with Crippen molar-refractivity contribution in [3.63, 3.8) is 0 Å². The van der Waals surface area contributed by atoms with E-state index in [9.17, 15) is 13.6 Å². The number of amides is 1. The summed E-state index contributed by atoms with van der Waals surface area (Å²) in [6.07, 6.45) is 1.81. The van der Waals surface area contributed by atoms with Gasteiger partial charge in [-0.15, -0.1) is 0 Å². The fourth-order valence-corrected chi connectivity index (χ4v) is 2.96. The summed E-state index contributed by atoms with van der Waals surface area (Å²) in [5.74, 6) is -2.24. The minimum atomic E-state index is -0.830. The lowest BCUT2D eigenvalue weighted by molar-refractivity contribution is 0.0652. The molecule has 1 fully saturated rings. The molecule has 1 heterocycles. The van der Waals surface area contributed by atoms with Gasteiger partial charge < -0.3 is 10.2 Å². The molecule has 1 saturated heterocycles. The second-order valence-electron chi connectivity index (χ2n) is 4.84. The fourth-order valence-electron chi connectivity index (χ4n) is 2.56. The maximum absolute atomic E-state index is 13.9. The molecule has 1 aliphatic heterocycles. The second-order valence-corrected chi connectivity index (χ2v) is 5.75. The summed E-state index contributed by atoms with van der Waals surface area (Å²) < 4.78 is 28.1. The van der Waals surface area contributed by atoms with Crippen molar-refractivity contribution in [3.05, 3.63) is 33.8 Å². The van der Waals surface area contributed by atoms with Crippen LogP contribution < -0.4 is 5.32 Å². The summed E-state index contributed by atoms with van der Waals surface area (Å²) in [5, 5.41) is 3.21. The smallest absolute Gasteiger partial charge is 0.260 e. The number of rotatable bonds is 3. The van der Waals surface area contributed by atoms with Gasteiger partial charge in [-0.2, -0.15) is 0 Å². The van der Waals surface area contributed by atoms with E-state index < -0.39 is 23.1 Å². The Morgan fingerprint density at radius 3 is 2.60 bits per heavy atom. The van der Waals surface area contributed by atoms with Gasteiger partial charge in [0.2, 0.25) is 0 Å². The predicted molar refractivity (Wildman–Crippen MR) is 76.7 cm³/mol. The van der Waals surface area contributed by atoms with E-state index in [2.05, 4.69) is 21.2 Å². The number of benzene rings is 1. The number of halogens is 3. The molecule has 1 N–H and O–H groups in total. The lowest BCUT2D eigenvalue weighted by atomic mass is 10.0. The van der Waals surface area contributed by atoms with Crippen LogP contribution >= 0.6 is 15.9 Å². The summed E-state index contributed by atoms with van der Waals surface area (Å²) in [6, 6.07) is 2.22. The largest absolute Gasteiger partial charge is 0.334 e. The molecule has 0 radical (unpaired) electrons. The number of carbonyl (C=O) groups is 1. The summed E-state index contributed by atoms with van der Waals surface area (Å²) in [7, 11) is 0. The van der Waals surface area contributed by atoms with Crippen molar-refractivity contribution in [1.29, 1.82) is 0 Å². The molecule has 110 valence electrons. The first-order chi connectivity index (χ1) is 9.54. The Morgan fingerprint density at radius 1 is 1.45 bits per heavy atom. The number of hydrogen-bond donors (Lipinski definition) is 1. The van der Waals surface area contributed by atoms with Crippen LogP contribution in [0.1, 0.15) is 30.1 Å². The summed E-state index contributed by atoms with van der Waals surface area (Å²) in [6.45, 7) is 3.84. The van der Waals surface area contributed by atoms with E-state index in [0.29, 0.717) is 13.1 Å². The third-order valence-corrected chi connectivity index (χ3v) is 3.99. The highest BCUT2D eigenvalue weighted by Gasteiger charge is 2.28. The average molecular weight is 347 g/mol. The van der Waals surface area contributed by atoms with Gasteiger partial charge >= 0.3 is 0 Å². The number of nitrogens with one attached hydrogen (secondary N) is 1. The Labute approximate surface area is 125 Å². The van der Waals surface area contributed by atoms with Crippen LogP contribution in [0.15, 0.2) is 16.6 Å². The topological polar surface area (TPSA) is 32.3 Å². The van der Waals surface area contributed by atoms with E-state index in [-0.39, 0.29) is 10.5 Å². The normalized spacial score (nSPS) is 18.9. The maximum atomic E-state index is 13.9. The molecule has 1 atom stereocenters. The highest BCUT2D eigenvalue weighted by Crippen LogP contribution is 2.22. The molecule has 3 nitrogen and oxygen atoms in total. The molecule has 2 rings (SSSR count). The van der Waals surface area contributed by atoms with Gasteiger partial charge in [0.25, 0.3) is 5.91 Å². The number of likely N-dealkylation sites (N-methyl/N-ethyl adjacent to an activating group) is 1. The van der Waals surface area contributed by atoms with Crippen molar-refractivity contribution in [2.45, 2.75) is 25.8 Å².